The summed E-state index contributed by atoms with van der Waals surface area (Å²) in [6, 6.07) is 3.71. The maximum absolute atomic E-state index is 12.6. The predicted molar refractivity (Wildman–Crippen MR) is 76.2 cm³/mol. The molecule has 0 aromatic heterocycles. The van der Waals surface area contributed by atoms with Gasteiger partial charge < -0.3 is 9.80 Å². The van der Waals surface area contributed by atoms with E-state index in [0.29, 0.717) is 18.5 Å². The lowest BCUT2D eigenvalue weighted by Crippen LogP contribution is -2.61. The Morgan fingerprint density at radius 1 is 1.13 bits per heavy atom. The van der Waals surface area contributed by atoms with Gasteiger partial charge in [0.05, 0.1) is 5.56 Å². The van der Waals surface area contributed by atoms with Crippen molar-refractivity contribution in [3.05, 3.63) is 35.4 Å². The molecule has 2 amide bonds. The fraction of sp³-hybridized carbons (Fsp3) is 0.500. The zero-order valence-corrected chi connectivity index (χ0v) is 12.6. The highest BCUT2D eigenvalue weighted by molar-refractivity contribution is 5.97. The normalized spacial score (nSPS) is 25.0. The van der Waals surface area contributed by atoms with Crippen LogP contribution in [0.2, 0.25) is 0 Å². The topological polar surface area (TPSA) is 40.6 Å². The second kappa shape index (κ2) is 5.54. The van der Waals surface area contributed by atoms with Gasteiger partial charge in [0.2, 0.25) is 11.8 Å². The molecule has 2 aliphatic rings. The Morgan fingerprint density at radius 2 is 1.78 bits per heavy atom. The molecule has 2 atom stereocenters. The van der Waals surface area contributed by atoms with Gasteiger partial charge in [0, 0.05) is 13.1 Å². The number of nitrogens with zero attached hydrogens (tertiary/aromatic N) is 2. The first-order valence-corrected chi connectivity index (χ1v) is 7.56. The van der Waals surface area contributed by atoms with Gasteiger partial charge in [-0.3, -0.25) is 9.59 Å². The van der Waals surface area contributed by atoms with Crippen molar-refractivity contribution in [2.24, 2.45) is 0 Å². The molecule has 0 radical (unpaired) electrons. The van der Waals surface area contributed by atoms with Crippen molar-refractivity contribution in [2.45, 2.75) is 44.6 Å². The van der Waals surface area contributed by atoms with Gasteiger partial charge >= 0.3 is 6.18 Å². The highest BCUT2D eigenvalue weighted by Gasteiger charge is 2.45. The fourth-order valence-corrected chi connectivity index (χ4v) is 3.25. The molecule has 2 aliphatic heterocycles. The minimum Gasteiger partial charge on any atom is -0.329 e. The Bertz CT molecular complexity index is 627. The summed E-state index contributed by atoms with van der Waals surface area (Å²) in [6.07, 6.45) is -2.92. The van der Waals surface area contributed by atoms with Gasteiger partial charge in [0.25, 0.3) is 0 Å². The number of amides is 2. The predicted octanol–water partition coefficient (Wildman–Crippen LogP) is 2.43. The van der Waals surface area contributed by atoms with Gasteiger partial charge in [-0.1, -0.05) is 12.1 Å². The van der Waals surface area contributed by atoms with Crippen molar-refractivity contribution in [1.29, 1.82) is 0 Å². The Balaban J connectivity index is 1.79. The molecule has 3 rings (SSSR count). The lowest BCUT2D eigenvalue weighted by atomic mass is 10.0. The number of hydrogen-bond acceptors (Lipinski definition) is 2. The smallest absolute Gasteiger partial charge is 0.329 e. The van der Waals surface area contributed by atoms with Crippen LogP contribution in [0.25, 0.3) is 0 Å². The van der Waals surface area contributed by atoms with Crippen molar-refractivity contribution in [2.75, 3.05) is 6.54 Å². The van der Waals surface area contributed by atoms with E-state index in [2.05, 4.69) is 0 Å². The number of alkyl halides is 3. The summed E-state index contributed by atoms with van der Waals surface area (Å²) < 4.78 is 37.8. The number of carbonyl (C=O) groups excluding carboxylic acids is 2. The molecule has 23 heavy (non-hydrogen) atoms. The number of halogens is 3. The third-order valence-electron chi connectivity index (χ3n) is 4.56. The molecule has 1 aromatic carbocycles. The zero-order chi connectivity index (χ0) is 16.8. The van der Waals surface area contributed by atoms with Crippen LogP contribution in [0, 0.1) is 0 Å². The van der Waals surface area contributed by atoms with Gasteiger partial charge in [-0.25, -0.2) is 0 Å². The first kappa shape index (κ1) is 15.8. The maximum Gasteiger partial charge on any atom is 0.416 e. The summed E-state index contributed by atoms with van der Waals surface area (Å²) in [6.45, 7) is 2.42. The van der Waals surface area contributed by atoms with Crippen LogP contribution in [0.1, 0.15) is 30.9 Å². The average molecular weight is 326 g/mol. The number of fused-ring (bicyclic) bond motifs is 1. The largest absolute Gasteiger partial charge is 0.416 e. The van der Waals surface area contributed by atoms with E-state index < -0.39 is 23.8 Å². The molecule has 0 aliphatic carbocycles. The lowest BCUT2D eigenvalue weighted by molar-refractivity contribution is -0.159. The lowest BCUT2D eigenvalue weighted by Gasteiger charge is -2.41. The maximum atomic E-state index is 12.6. The van der Waals surface area contributed by atoms with E-state index >= 15 is 0 Å². The molecular formula is C16H17F3N2O2. The average Bonchev–Trinajstić information content (AvgIpc) is 2.99. The summed E-state index contributed by atoms with van der Waals surface area (Å²) in [7, 11) is 0. The molecule has 124 valence electrons. The third kappa shape index (κ3) is 2.80. The second-order valence-corrected chi connectivity index (χ2v) is 6.03. The van der Waals surface area contributed by atoms with E-state index in [-0.39, 0.29) is 18.4 Å². The monoisotopic (exact) mass is 326 g/mol. The Kier molecular flexibility index (Phi) is 3.82. The van der Waals surface area contributed by atoms with E-state index in [4.69, 9.17) is 0 Å². The van der Waals surface area contributed by atoms with Crippen molar-refractivity contribution in [3.8, 4) is 0 Å². The molecule has 0 spiro atoms. The molecule has 0 N–H and O–H groups in total. The molecule has 0 unspecified atom stereocenters. The third-order valence-corrected chi connectivity index (χ3v) is 4.56. The van der Waals surface area contributed by atoms with Crippen LogP contribution in [0.5, 0.6) is 0 Å². The Hall–Kier alpha value is -2.05. The molecule has 0 saturated carbocycles. The minimum atomic E-state index is -4.38. The Labute approximate surface area is 131 Å². The first-order valence-electron chi connectivity index (χ1n) is 7.56. The number of benzene rings is 1. The number of carbonyl (C=O) groups is 2. The highest BCUT2D eigenvalue weighted by Crippen LogP contribution is 2.30. The standard InChI is InChI=1S/C16H17F3N2O2/c1-10-14(22)20-8-2-3-13(20)15(23)21(10)9-11-4-6-12(7-5-11)16(17,18)19/h4-7,10,13H,2-3,8-9H2,1H3/t10-,13-/m0/s1. The summed E-state index contributed by atoms with van der Waals surface area (Å²) in [5.74, 6) is -0.200. The van der Waals surface area contributed by atoms with Crippen LogP contribution in [0.15, 0.2) is 24.3 Å². The second-order valence-electron chi connectivity index (χ2n) is 6.03. The van der Waals surface area contributed by atoms with Gasteiger partial charge in [0.15, 0.2) is 0 Å². The van der Waals surface area contributed by atoms with Crippen LogP contribution in [-0.4, -0.2) is 40.2 Å². The summed E-state index contributed by atoms with van der Waals surface area (Å²) in [4.78, 5) is 28.0. The first-order chi connectivity index (χ1) is 10.8. The van der Waals surface area contributed by atoms with E-state index in [0.717, 1.165) is 18.6 Å². The molecule has 2 saturated heterocycles. The summed E-state index contributed by atoms with van der Waals surface area (Å²) >= 11 is 0. The molecule has 1 aromatic rings. The van der Waals surface area contributed by atoms with E-state index in [1.165, 1.54) is 17.0 Å². The zero-order valence-electron chi connectivity index (χ0n) is 12.6. The number of piperazine rings is 1. The van der Waals surface area contributed by atoms with Crippen molar-refractivity contribution in [1.82, 2.24) is 9.80 Å². The van der Waals surface area contributed by atoms with Gasteiger partial charge in [0.1, 0.15) is 12.1 Å². The molecule has 7 heteroatoms. The number of rotatable bonds is 2. The molecule has 0 bridgehead atoms. The van der Waals surface area contributed by atoms with Crippen LogP contribution in [0.4, 0.5) is 13.2 Å². The molecule has 4 nitrogen and oxygen atoms in total. The van der Waals surface area contributed by atoms with Crippen molar-refractivity contribution < 1.29 is 22.8 Å². The minimum absolute atomic E-state index is 0.0842. The van der Waals surface area contributed by atoms with E-state index in [9.17, 15) is 22.8 Å². The van der Waals surface area contributed by atoms with Gasteiger partial charge in [-0.2, -0.15) is 13.2 Å². The van der Waals surface area contributed by atoms with Gasteiger partial charge in [-0.05, 0) is 37.5 Å². The quantitative estimate of drug-likeness (QED) is 0.837. The molecular weight excluding hydrogens is 309 g/mol. The summed E-state index contributed by atoms with van der Waals surface area (Å²) in [5, 5.41) is 0. The molecule has 2 heterocycles. The summed E-state index contributed by atoms with van der Waals surface area (Å²) in [5.41, 5.74) is -0.144. The van der Waals surface area contributed by atoms with Crippen molar-refractivity contribution >= 4 is 11.8 Å². The fourth-order valence-electron chi connectivity index (χ4n) is 3.25. The number of hydrogen-bond donors (Lipinski definition) is 0. The van der Waals surface area contributed by atoms with Crippen LogP contribution in [-0.2, 0) is 22.3 Å². The SMILES string of the molecule is C[C@H]1C(=O)N2CCC[C@H]2C(=O)N1Cc1ccc(C(F)(F)F)cc1. The van der Waals surface area contributed by atoms with E-state index in [1.54, 1.807) is 11.8 Å². The van der Waals surface area contributed by atoms with Crippen LogP contribution < -0.4 is 0 Å². The van der Waals surface area contributed by atoms with Gasteiger partial charge in [-0.15, -0.1) is 0 Å². The Morgan fingerprint density at radius 3 is 2.39 bits per heavy atom. The van der Waals surface area contributed by atoms with Crippen molar-refractivity contribution in [3.63, 3.8) is 0 Å². The molecule has 2 fully saturated rings. The van der Waals surface area contributed by atoms with E-state index in [1.807, 2.05) is 0 Å². The van der Waals surface area contributed by atoms with Crippen LogP contribution >= 0.6 is 0 Å². The van der Waals surface area contributed by atoms with Crippen LogP contribution in [0.3, 0.4) is 0 Å². The highest BCUT2D eigenvalue weighted by atomic mass is 19.4.